The smallest absolute Gasteiger partial charge is 0.306 e. The van der Waals surface area contributed by atoms with Gasteiger partial charge in [-0.1, -0.05) is 25.5 Å². The predicted molar refractivity (Wildman–Crippen MR) is 59.4 cm³/mol. The van der Waals surface area contributed by atoms with Crippen LogP contribution in [0.2, 0.25) is 0 Å². The Morgan fingerprint density at radius 1 is 1.47 bits per heavy atom. The summed E-state index contributed by atoms with van der Waals surface area (Å²) < 4.78 is 5.46. The van der Waals surface area contributed by atoms with Crippen LogP contribution in [0.4, 0.5) is 0 Å². The monoisotopic (exact) mass is 208 g/mol. The van der Waals surface area contributed by atoms with Gasteiger partial charge in [0.05, 0.1) is 6.42 Å². The molecule has 2 nitrogen and oxygen atoms in total. The van der Waals surface area contributed by atoms with Gasteiger partial charge in [-0.2, -0.15) is 0 Å². The van der Waals surface area contributed by atoms with Crippen molar-refractivity contribution in [3.63, 3.8) is 0 Å². The van der Waals surface area contributed by atoms with Crippen molar-refractivity contribution in [2.75, 3.05) is 0 Å². The van der Waals surface area contributed by atoms with Gasteiger partial charge in [-0.25, -0.2) is 0 Å². The van der Waals surface area contributed by atoms with Crippen molar-refractivity contribution in [2.24, 2.45) is 11.3 Å². The van der Waals surface area contributed by atoms with E-state index in [9.17, 15) is 4.79 Å². The van der Waals surface area contributed by atoms with Crippen molar-refractivity contribution < 1.29 is 9.53 Å². The summed E-state index contributed by atoms with van der Waals surface area (Å²) in [4.78, 5) is 11.6. The molecule has 2 aliphatic rings. The highest BCUT2D eigenvalue weighted by molar-refractivity contribution is 5.72. The van der Waals surface area contributed by atoms with Gasteiger partial charge in [-0.05, 0) is 26.2 Å². The van der Waals surface area contributed by atoms with E-state index in [1.165, 1.54) is 19.3 Å². The summed E-state index contributed by atoms with van der Waals surface area (Å²) in [5.41, 5.74) is 1.11. The van der Waals surface area contributed by atoms with Crippen LogP contribution in [0.3, 0.4) is 0 Å². The number of rotatable bonds is 1. The van der Waals surface area contributed by atoms with Gasteiger partial charge in [0, 0.05) is 11.3 Å². The highest BCUT2D eigenvalue weighted by Crippen LogP contribution is 2.49. The first-order chi connectivity index (χ1) is 7.04. The summed E-state index contributed by atoms with van der Waals surface area (Å²) in [6.07, 6.45) is 5.36. The average molecular weight is 208 g/mol. The molecule has 1 aliphatic carbocycles. The molecule has 0 amide bonds. The number of hydrogen-bond donors (Lipinski definition) is 0. The Kier molecular flexibility index (Phi) is 2.61. The molecule has 0 radical (unpaired) electrons. The van der Waals surface area contributed by atoms with Gasteiger partial charge < -0.3 is 4.74 Å². The minimum absolute atomic E-state index is 0.0274. The van der Waals surface area contributed by atoms with E-state index < -0.39 is 0 Å². The number of hydrogen-bond acceptors (Lipinski definition) is 2. The molecule has 1 heterocycles. The number of carbonyl (C=O) groups excluding carboxylic acids is 1. The second kappa shape index (κ2) is 3.66. The summed E-state index contributed by atoms with van der Waals surface area (Å²) in [5.74, 6) is 0.463. The average Bonchev–Trinajstić information content (AvgIpc) is 2.17. The maximum absolute atomic E-state index is 11.6. The summed E-state index contributed by atoms with van der Waals surface area (Å²) in [6.45, 7) is 8.29. The fraction of sp³-hybridized carbons (Fsp3) is 0.769. The Labute approximate surface area is 91.7 Å². The highest BCUT2D eigenvalue weighted by atomic mass is 16.5. The molecule has 15 heavy (non-hydrogen) atoms. The number of ether oxygens (including phenoxy) is 1. The summed E-state index contributed by atoms with van der Waals surface area (Å²) in [7, 11) is 0. The first-order valence-electron chi connectivity index (χ1n) is 5.89. The molecule has 0 aromatic rings. The van der Waals surface area contributed by atoms with E-state index in [2.05, 4.69) is 13.5 Å². The van der Waals surface area contributed by atoms with E-state index in [-0.39, 0.29) is 17.5 Å². The normalized spacial score (nSPS) is 40.5. The van der Waals surface area contributed by atoms with Gasteiger partial charge in [0.15, 0.2) is 0 Å². The van der Waals surface area contributed by atoms with Crippen LogP contribution in [0.25, 0.3) is 0 Å². The lowest BCUT2D eigenvalue weighted by Gasteiger charge is -2.47. The molecule has 2 heteroatoms. The predicted octanol–water partition coefficient (Wildman–Crippen LogP) is 3.07. The molecule has 0 aromatic carbocycles. The van der Waals surface area contributed by atoms with Crippen molar-refractivity contribution in [2.45, 2.75) is 52.1 Å². The molecule has 2 rings (SSSR count). The fourth-order valence-corrected chi connectivity index (χ4v) is 3.08. The molecule has 2 unspecified atom stereocenters. The molecule has 0 spiro atoms. The number of esters is 1. The maximum atomic E-state index is 11.6. The zero-order chi connectivity index (χ0) is 11.1. The van der Waals surface area contributed by atoms with Crippen LogP contribution in [-0.4, -0.2) is 12.1 Å². The largest absolute Gasteiger partial charge is 0.462 e. The zero-order valence-corrected chi connectivity index (χ0v) is 9.71. The van der Waals surface area contributed by atoms with Gasteiger partial charge in [0.1, 0.15) is 6.10 Å². The van der Waals surface area contributed by atoms with E-state index >= 15 is 0 Å². The topological polar surface area (TPSA) is 26.3 Å². The summed E-state index contributed by atoms with van der Waals surface area (Å²) >= 11 is 0. The van der Waals surface area contributed by atoms with Gasteiger partial charge in [-0.15, -0.1) is 0 Å². The molecule has 1 saturated carbocycles. The third kappa shape index (κ3) is 1.70. The van der Waals surface area contributed by atoms with Crippen LogP contribution >= 0.6 is 0 Å². The zero-order valence-electron chi connectivity index (χ0n) is 9.71. The third-order valence-corrected chi connectivity index (χ3v) is 4.29. The van der Waals surface area contributed by atoms with E-state index in [4.69, 9.17) is 4.74 Å². The Morgan fingerprint density at radius 3 is 2.80 bits per heavy atom. The third-order valence-electron chi connectivity index (χ3n) is 4.29. The van der Waals surface area contributed by atoms with Gasteiger partial charge in [0.25, 0.3) is 0 Å². The van der Waals surface area contributed by atoms with Crippen molar-refractivity contribution in [1.82, 2.24) is 0 Å². The van der Waals surface area contributed by atoms with Crippen LogP contribution in [0.5, 0.6) is 0 Å². The molecule has 2 fully saturated rings. The van der Waals surface area contributed by atoms with E-state index in [0.717, 1.165) is 12.0 Å². The molecule has 1 saturated heterocycles. The Hall–Kier alpha value is -0.790. The fourth-order valence-electron chi connectivity index (χ4n) is 3.08. The van der Waals surface area contributed by atoms with E-state index in [0.29, 0.717) is 12.3 Å². The number of allylic oxidation sites excluding steroid dienone is 1. The molecular formula is C13H20O2. The lowest BCUT2D eigenvalue weighted by Crippen LogP contribution is -2.47. The second-order valence-corrected chi connectivity index (χ2v) is 5.29. The van der Waals surface area contributed by atoms with Crippen molar-refractivity contribution in [1.29, 1.82) is 0 Å². The van der Waals surface area contributed by atoms with E-state index in [1.54, 1.807) is 0 Å². The summed E-state index contributed by atoms with van der Waals surface area (Å²) in [6, 6.07) is 0. The van der Waals surface area contributed by atoms with Gasteiger partial charge >= 0.3 is 5.97 Å². The molecule has 0 N–H and O–H groups in total. The van der Waals surface area contributed by atoms with Crippen molar-refractivity contribution >= 4 is 5.97 Å². The molecule has 3 atom stereocenters. The molecule has 0 bridgehead atoms. The first kappa shape index (κ1) is 10.7. The minimum atomic E-state index is -0.0383. The molecule has 0 aromatic heterocycles. The van der Waals surface area contributed by atoms with Gasteiger partial charge in [0.2, 0.25) is 0 Å². The van der Waals surface area contributed by atoms with Crippen molar-refractivity contribution in [3.8, 4) is 0 Å². The molecular weight excluding hydrogens is 188 g/mol. The quantitative estimate of drug-likeness (QED) is 0.489. The maximum Gasteiger partial charge on any atom is 0.306 e. The Bertz CT molecular complexity index is 295. The summed E-state index contributed by atoms with van der Waals surface area (Å²) in [5, 5.41) is 0. The SMILES string of the molecule is C=C(C)[C@@]1(C)CC(=O)OC2CCCCC21. The van der Waals surface area contributed by atoms with Crippen LogP contribution in [0.1, 0.15) is 46.0 Å². The highest BCUT2D eigenvalue weighted by Gasteiger charge is 2.47. The van der Waals surface area contributed by atoms with E-state index in [1.807, 2.05) is 6.92 Å². The van der Waals surface area contributed by atoms with Crippen LogP contribution in [0, 0.1) is 11.3 Å². The number of carbonyl (C=O) groups is 1. The van der Waals surface area contributed by atoms with Crippen LogP contribution in [0.15, 0.2) is 12.2 Å². The second-order valence-electron chi connectivity index (χ2n) is 5.29. The standard InChI is InChI=1S/C13H20O2/c1-9(2)13(3)8-12(14)15-11-7-5-4-6-10(11)13/h10-11H,1,4-8H2,2-3H3/t10?,11?,13-/m1/s1. The van der Waals surface area contributed by atoms with Crippen molar-refractivity contribution in [3.05, 3.63) is 12.2 Å². The Morgan fingerprint density at radius 2 is 2.13 bits per heavy atom. The lowest BCUT2D eigenvalue weighted by atomic mass is 9.62. The van der Waals surface area contributed by atoms with Crippen LogP contribution in [-0.2, 0) is 9.53 Å². The minimum Gasteiger partial charge on any atom is -0.462 e. The van der Waals surface area contributed by atoms with Crippen LogP contribution < -0.4 is 0 Å². The number of fused-ring (bicyclic) bond motifs is 1. The van der Waals surface area contributed by atoms with Gasteiger partial charge in [-0.3, -0.25) is 4.79 Å². The molecule has 1 aliphatic heterocycles. The molecule has 84 valence electrons. The Balaban J connectivity index is 2.28. The first-order valence-corrected chi connectivity index (χ1v) is 5.89. The lowest BCUT2D eigenvalue weighted by molar-refractivity contribution is -0.171.